The number of nitro benzene ring substituents is 1. The van der Waals surface area contributed by atoms with Crippen molar-refractivity contribution in [2.24, 2.45) is 0 Å². The molecule has 1 N–H and O–H groups in total. The monoisotopic (exact) mass is 309 g/mol. The highest BCUT2D eigenvalue weighted by Crippen LogP contribution is 2.27. The molecule has 0 amide bonds. The van der Waals surface area contributed by atoms with Crippen LogP contribution in [-0.4, -0.2) is 16.6 Å². The Morgan fingerprint density at radius 2 is 2.19 bits per heavy atom. The zero-order chi connectivity index (χ0) is 15.4. The lowest BCUT2D eigenvalue weighted by molar-refractivity contribution is -0.383. The summed E-state index contributed by atoms with van der Waals surface area (Å²) in [5.74, 6) is 0.824. The summed E-state index contributed by atoms with van der Waals surface area (Å²) in [5.41, 5.74) is 2.45. The number of rotatable bonds is 6. The Morgan fingerprint density at radius 3 is 2.81 bits per heavy atom. The Morgan fingerprint density at radius 1 is 1.43 bits per heavy atom. The highest BCUT2D eigenvalue weighted by Gasteiger charge is 2.14. The number of benzene rings is 1. The number of nitrogens with one attached hydrogen (secondary N) is 1. The molecule has 1 aromatic heterocycles. The molecule has 2 rings (SSSR count). The Balaban J connectivity index is 1.94. The fourth-order valence-electron chi connectivity index (χ4n) is 2.15. The van der Waals surface area contributed by atoms with E-state index in [0.29, 0.717) is 17.3 Å². The maximum Gasteiger partial charge on any atom is 0.293 e. The Bertz CT molecular complexity index is 635. The van der Waals surface area contributed by atoms with Gasteiger partial charge in [0.25, 0.3) is 5.69 Å². The number of nitrogens with zero attached hydrogens (tertiary/aromatic N) is 2. The normalized spacial score (nSPS) is 10.6. The first kappa shape index (κ1) is 15.3. The molecule has 0 bridgehead atoms. The summed E-state index contributed by atoms with van der Waals surface area (Å²) < 4.78 is 5.10. The van der Waals surface area contributed by atoms with Crippen LogP contribution in [0.2, 0.25) is 5.02 Å². The minimum Gasteiger partial charge on any atom is -0.379 e. The van der Waals surface area contributed by atoms with Crippen LogP contribution in [0.4, 0.5) is 11.4 Å². The molecule has 0 aliphatic heterocycles. The van der Waals surface area contributed by atoms with Gasteiger partial charge in [0.1, 0.15) is 11.4 Å². The van der Waals surface area contributed by atoms with Crippen LogP contribution in [-0.2, 0) is 6.42 Å². The van der Waals surface area contributed by atoms with Crippen molar-refractivity contribution in [1.82, 2.24) is 5.16 Å². The van der Waals surface area contributed by atoms with Crippen LogP contribution in [0, 0.1) is 24.0 Å². The highest BCUT2D eigenvalue weighted by molar-refractivity contribution is 6.30. The minimum atomic E-state index is -0.442. The topological polar surface area (TPSA) is 81.2 Å². The number of nitro groups is 1. The van der Waals surface area contributed by atoms with Gasteiger partial charge in [-0.15, -0.1) is 0 Å². The molecule has 0 saturated carbocycles. The Kier molecular flexibility index (Phi) is 4.80. The number of aryl methyl sites for hydroxylation is 2. The predicted molar refractivity (Wildman–Crippen MR) is 80.9 cm³/mol. The average molecular weight is 310 g/mol. The summed E-state index contributed by atoms with van der Waals surface area (Å²) in [6.07, 6.45) is 1.64. The first-order chi connectivity index (χ1) is 9.99. The van der Waals surface area contributed by atoms with Gasteiger partial charge in [-0.2, -0.15) is 0 Å². The molecule has 0 aliphatic rings. The smallest absolute Gasteiger partial charge is 0.293 e. The van der Waals surface area contributed by atoms with Crippen molar-refractivity contribution in [2.45, 2.75) is 26.7 Å². The molecule has 0 saturated heterocycles. The summed E-state index contributed by atoms with van der Waals surface area (Å²) in [6, 6.07) is 4.60. The molecule has 0 fully saturated rings. The standard InChI is InChI=1S/C14H16ClN3O3/c1-9-12(10(2)21-17-9)4-3-7-16-13-6-5-11(15)8-14(13)18(19)20/h5-6,8,16H,3-4,7H2,1-2H3. The molecular weight excluding hydrogens is 294 g/mol. The zero-order valence-electron chi connectivity index (χ0n) is 11.9. The second-order valence-corrected chi connectivity index (χ2v) is 5.19. The number of halogens is 1. The van der Waals surface area contributed by atoms with Gasteiger partial charge in [0.05, 0.1) is 10.6 Å². The predicted octanol–water partition coefficient (Wildman–Crippen LogP) is 3.90. The molecule has 21 heavy (non-hydrogen) atoms. The van der Waals surface area contributed by atoms with Crippen molar-refractivity contribution in [3.8, 4) is 0 Å². The summed E-state index contributed by atoms with van der Waals surface area (Å²) in [6.45, 7) is 4.41. The van der Waals surface area contributed by atoms with Crippen LogP contribution in [0.25, 0.3) is 0 Å². The third-order valence-electron chi connectivity index (χ3n) is 3.26. The summed E-state index contributed by atoms with van der Waals surface area (Å²) in [5, 5.41) is 18.3. The molecule has 7 heteroatoms. The van der Waals surface area contributed by atoms with Crippen molar-refractivity contribution in [2.75, 3.05) is 11.9 Å². The highest BCUT2D eigenvalue weighted by atomic mass is 35.5. The Labute approximate surface area is 127 Å². The van der Waals surface area contributed by atoms with Crippen molar-refractivity contribution in [3.05, 3.63) is 50.4 Å². The van der Waals surface area contributed by atoms with Gasteiger partial charge in [-0.3, -0.25) is 10.1 Å². The van der Waals surface area contributed by atoms with E-state index in [1.807, 2.05) is 13.8 Å². The molecule has 2 aromatic rings. The lowest BCUT2D eigenvalue weighted by Gasteiger charge is -2.07. The van der Waals surface area contributed by atoms with Gasteiger partial charge >= 0.3 is 0 Å². The van der Waals surface area contributed by atoms with Gasteiger partial charge < -0.3 is 9.84 Å². The van der Waals surface area contributed by atoms with E-state index in [1.165, 1.54) is 6.07 Å². The third kappa shape index (κ3) is 3.72. The fraction of sp³-hybridized carbons (Fsp3) is 0.357. The number of anilines is 1. The van der Waals surface area contributed by atoms with E-state index >= 15 is 0 Å². The van der Waals surface area contributed by atoms with Crippen molar-refractivity contribution in [1.29, 1.82) is 0 Å². The molecule has 0 aliphatic carbocycles. The van der Waals surface area contributed by atoms with E-state index in [-0.39, 0.29) is 5.69 Å². The lowest BCUT2D eigenvalue weighted by atomic mass is 10.1. The third-order valence-corrected chi connectivity index (χ3v) is 3.49. The van der Waals surface area contributed by atoms with Gasteiger partial charge in [0.15, 0.2) is 0 Å². The first-order valence-corrected chi connectivity index (χ1v) is 6.96. The van der Waals surface area contributed by atoms with Crippen molar-refractivity contribution < 1.29 is 9.45 Å². The van der Waals surface area contributed by atoms with Crippen LogP contribution >= 0.6 is 11.6 Å². The number of hydrogen-bond acceptors (Lipinski definition) is 5. The van der Waals surface area contributed by atoms with Crippen LogP contribution < -0.4 is 5.32 Å². The molecule has 0 unspecified atom stereocenters. The second-order valence-electron chi connectivity index (χ2n) is 4.75. The maximum absolute atomic E-state index is 11.0. The van der Waals surface area contributed by atoms with E-state index in [2.05, 4.69) is 10.5 Å². The minimum absolute atomic E-state index is 0.0140. The molecule has 1 aromatic carbocycles. The van der Waals surface area contributed by atoms with Gasteiger partial charge in [-0.25, -0.2) is 0 Å². The molecule has 1 heterocycles. The van der Waals surface area contributed by atoms with Crippen LogP contribution in [0.5, 0.6) is 0 Å². The van der Waals surface area contributed by atoms with Crippen molar-refractivity contribution >= 4 is 23.0 Å². The molecule has 6 nitrogen and oxygen atoms in total. The summed E-state index contributed by atoms with van der Waals surface area (Å²) in [7, 11) is 0. The van der Waals surface area contributed by atoms with Gasteiger partial charge in [0.2, 0.25) is 0 Å². The average Bonchev–Trinajstić information content (AvgIpc) is 2.75. The largest absolute Gasteiger partial charge is 0.379 e. The molecule has 0 spiro atoms. The van der Waals surface area contributed by atoms with Crippen LogP contribution in [0.3, 0.4) is 0 Å². The fourth-order valence-corrected chi connectivity index (χ4v) is 2.32. The summed E-state index contributed by atoms with van der Waals surface area (Å²) in [4.78, 5) is 10.5. The molecule has 0 radical (unpaired) electrons. The molecular formula is C14H16ClN3O3. The van der Waals surface area contributed by atoms with Crippen LogP contribution in [0.1, 0.15) is 23.4 Å². The second kappa shape index (κ2) is 6.58. The zero-order valence-corrected chi connectivity index (χ0v) is 12.6. The molecule has 0 atom stereocenters. The maximum atomic E-state index is 11.0. The lowest BCUT2D eigenvalue weighted by Crippen LogP contribution is -2.05. The van der Waals surface area contributed by atoms with Gasteiger partial charge in [-0.05, 0) is 38.8 Å². The van der Waals surface area contributed by atoms with Gasteiger partial charge in [0, 0.05) is 23.2 Å². The number of hydrogen-bond donors (Lipinski definition) is 1. The van der Waals surface area contributed by atoms with E-state index in [9.17, 15) is 10.1 Å². The van der Waals surface area contributed by atoms with E-state index in [1.54, 1.807) is 12.1 Å². The van der Waals surface area contributed by atoms with E-state index in [0.717, 1.165) is 29.9 Å². The molecule has 112 valence electrons. The number of aromatic nitrogens is 1. The van der Waals surface area contributed by atoms with Gasteiger partial charge in [-0.1, -0.05) is 16.8 Å². The quantitative estimate of drug-likeness (QED) is 0.497. The van der Waals surface area contributed by atoms with Crippen molar-refractivity contribution in [3.63, 3.8) is 0 Å². The van der Waals surface area contributed by atoms with Crippen LogP contribution in [0.15, 0.2) is 22.7 Å². The van der Waals surface area contributed by atoms with E-state index in [4.69, 9.17) is 16.1 Å². The SMILES string of the molecule is Cc1noc(C)c1CCCNc1ccc(Cl)cc1[N+](=O)[O-]. The van der Waals surface area contributed by atoms with E-state index < -0.39 is 4.92 Å². The summed E-state index contributed by atoms with van der Waals surface area (Å²) >= 11 is 5.78. The first-order valence-electron chi connectivity index (χ1n) is 6.58. The Hall–Kier alpha value is -2.08.